The summed E-state index contributed by atoms with van der Waals surface area (Å²) in [6.45, 7) is 6.25. The molecule has 0 saturated heterocycles. The van der Waals surface area contributed by atoms with Crippen LogP contribution in [0.2, 0.25) is 0 Å². The number of aliphatic hydroxyl groups is 1. The molecule has 0 spiro atoms. The summed E-state index contributed by atoms with van der Waals surface area (Å²) in [4.78, 5) is 11.5. The summed E-state index contributed by atoms with van der Waals surface area (Å²) in [5, 5.41) is 11.9. The number of hydrogen-bond donors (Lipinski definition) is 2. The fourth-order valence-corrected chi connectivity index (χ4v) is 1.48. The Hall–Kier alpha value is -0.280. The minimum absolute atomic E-state index is 0.0176. The molecule has 0 aromatic heterocycles. The molecule has 0 aromatic carbocycles. The van der Waals surface area contributed by atoms with Crippen LogP contribution in [0.4, 0.5) is 0 Å². The van der Waals surface area contributed by atoms with Gasteiger partial charge in [0.2, 0.25) is 5.91 Å². The van der Waals surface area contributed by atoms with E-state index in [4.69, 9.17) is 16.7 Å². The molecule has 15 heavy (non-hydrogen) atoms. The van der Waals surface area contributed by atoms with Crippen molar-refractivity contribution in [2.24, 2.45) is 5.41 Å². The molecule has 0 heterocycles. The van der Waals surface area contributed by atoms with E-state index < -0.39 is 0 Å². The molecule has 90 valence electrons. The Morgan fingerprint density at radius 1 is 1.47 bits per heavy atom. The number of nitrogens with one attached hydrogen (secondary N) is 1. The molecule has 1 unspecified atom stereocenters. The minimum Gasteiger partial charge on any atom is -0.396 e. The van der Waals surface area contributed by atoms with Crippen molar-refractivity contribution in [2.75, 3.05) is 12.5 Å². The quantitative estimate of drug-likeness (QED) is 0.691. The third-order valence-corrected chi connectivity index (χ3v) is 2.60. The predicted octanol–water partition coefficient (Wildman–Crippen LogP) is 1.92. The van der Waals surface area contributed by atoms with E-state index >= 15 is 0 Å². The van der Waals surface area contributed by atoms with Gasteiger partial charge in [-0.15, -0.1) is 11.6 Å². The maximum atomic E-state index is 11.5. The molecule has 0 aromatic rings. The van der Waals surface area contributed by atoms with Crippen molar-refractivity contribution in [3.63, 3.8) is 0 Å². The first-order valence-corrected chi connectivity index (χ1v) is 5.91. The summed E-state index contributed by atoms with van der Waals surface area (Å²) >= 11 is 5.51. The van der Waals surface area contributed by atoms with Gasteiger partial charge < -0.3 is 10.4 Å². The zero-order chi connectivity index (χ0) is 11.9. The van der Waals surface area contributed by atoms with Crippen LogP contribution in [-0.2, 0) is 4.79 Å². The van der Waals surface area contributed by atoms with Gasteiger partial charge >= 0.3 is 0 Å². The smallest absolute Gasteiger partial charge is 0.220 e. The standard InChI is InChI=1S/C11H22ClNO2/c1-11(2,3)9(6-8-14)13-10(15)5-4-7-12/h9,14H,4-8H2,1-3H3,(H,13,15). The molecule has 0 fully saturated rings. The van der Waals surface area contributed by atoms with E-state index in [-0.39, 0.29) is 24.0 Å². The summed E-state index contributed by atoms with van der Waals surface area (Å²) in [7, 11) is 0. The SMILES string of the molecule is CC(C)(C)C(CCO)NC(=O)CCCCl. The molecule has 2 N–H and O–H groups in total. The van der Waals surface area contributed by atoms with Gasteiger partial charge in [0.15, 0.2) is 0 Å². The number of hydrogen-bond acceptors (Lipinski definition) is 2. The topological polar surface area (TPSA) is 49.3 Å². The monoisotopic (exact) mass is 235 g/mol. The highest BCUT2D eigenvalue weighted by Crippen LogP contribution is 2.21. The van der Waals surface area contributed by atoms with Crippen molar-refractivity contribution >= 4 is 17.5 Å². The summed E-state index contributed by atoms with van der Waals surface area (Å²) < 4.78 is 0. The molecule has 0 aliphatic carbocycles. The van der Waals surface area contributed by atoms with Crippen molar-refractivity contribution < 1.29 is 9.90 Å². The number of aliphatic hydroxyl groups excluding tert-OH is 1. The maximum absolute atomic E-state index is 11.5. The molecule has 0 rings (SSSR count). The Balaban J connectivity index is 4.11. The molecule has 0 bridgehead atoms. The van der Waals surface area contributed by atoms with Crippen LogP contribution in [0.3, 0.4) is 0 Å². The van der Waals surface area contributed by atoms with E-state index in [0.29, 0.717) is 25.1 Å². The van der Waals surface area contributed by atoms with Crippen LogP contribution in [0, 0.1) is 5.41 Å². The highest BCUT2D eigenvalue weighted by Gasteiger charge is 2.25. The lowest BCUT2D eigenvalue weighted by Crippen LogP contribution is -2.44. The second-order valence-corrected chi connectivity index (χ2v) is 5.17. The molecule has 4 heteroatoms. The maximum Gasteiger partial charge on any atom is 0.220 e. The Bertz CT molecular complexity index is 190. The lowest BCUT2D eigenvalue weighted by molar-refractivity contribution is -0.122. The minimum atomic E-state index is -0.0284. The van der Waals surface area contributed by atoms with E-state index in [9.17, 15) is 4.79 Å². The van der Waals surface area contributed by atoms with Crippen LogP contribution in [-0.4, -0.2) is 29.5 Å². The van der Waals surface area contributed by atoms with Gasteiger partial charge in [0, 0.05) is 24.9 Å². The molecule has 0 aliphatic rings. The molecule has 3 nitrogen and oxygen atoms in total. The average Bonchev–Trinajstić information content (AvgIpc) is 2.12. The van der Waals surface area contributed by atoms with Crippen LogP contribution < -0.4 is 5.32 Å². The second-order valence-electron chi connectivity index (χ2n) is 4.79. The lowest BCUT2D eigenvalue weighted by Gasteiger charge is -2.31. The van der Waals surface area contributed by atoms with Crippen LogP contribution in [0.5, 0.6) is 0 Å². The molecule has 1 atom stereocenters. The summed E-state index contributed by atoms with van der Waals surface area (Å²) in [6, 6.07) is 0.0188. The second kappa shape index (κ2) is 7.07. The van der Waals surface area contributed by atoms with Crippen LogP contribution in [0.25, 0.3) is 0 Å². The van der Waals surface area contributed by atoms with Gasteiger partial charge in [-0.05, 0) is 18.3 Å². The number of alkyl halides is 1. The summed E-state index contributed by atoms with van der Waals surface area (Å²) in [5.74, 6) is 0.525. The largest absolute Gasteiger partial charge is 0.396 e. The van der Waals surface area contributed by atoms with Crippen molar-refractivity contribution in [2.45, 2.75) is 46.1 Å². The van der Waals surface area contributed by atoms with Crippen LogP contribution in [0.15, 0.2) is 0 Å². The van der Waals surface area contributed by atoms with E-state index in [1.165, 1.54) is 0 Å². The normalized spacial score (nSPS) is 13.7. The summed E-state index contributed by atoms with van der Waals surface area (Å²) in [6.07, 6.45) is 1.75. The first kappa shape index (κ1) is 14.7. The molecular formula is C11H22ClNO2. The number of rotatable bonds is 6. The highest BCUT2D eigenvalue weighted by molar-refractivity contribution is 6.17. The fourth-order valence-electron chi connectivity index (χ4n) is 1.34. The molecule has 1 amide bonds. The van der Waals surface area contributed by atoms with Gasteiger partial charge in [-0.2, -0.15) is 0 Å². The Morgan fingerprint density at radius 3 is 2.47 bits per heavy atom. The number of carbonyl (C=O) groups is 1. The third-order valence-electron chi connectivity index (χ3n) is 2.34. The van der Waals surface area contributed by atoms with E-state index in [1.807, 2.05) is 0 Å². The van der Waals surface area contributed by atoms with Gasteiger partial charge in [0.25, 0.3) is 0 Å². The van der Waals surface area contributed by atoms with E-state index in [1.54, 1.807) is 0 Å². The van der Waals surface area contributed by atoms with E-state index in [2.05, 4.69) is 26.1 Å². The summed E-state index contributed by atoms with van der Waals surface area (Å²) in [5.41, 5.74) is -0.0284. The Labute approximate surface area is 97.2 Å². The number of amides is 1. The van der Waals surface area contributed by atoms with Crippen molar-refractivity contribution in [3.05, 3.63) is 0 Å². The van der Waals surface area contributed by atoms with Gasteiger partial charge in [0.1, 0.15) is 0 Å². The lowest BCUT2D eigenvalue weighted by atomic mass is 9.85. The molecular weight excluding hydrogens is 214 g/mol. The number of halogens is 1. The molecule has 0 aliphatic heterocycles. The first-order valence-electron chi connectivity index (χ1n) is 5.38. The highest BCUT2D eigenvalue weighted by atomic mass is 35.5. The molecule has 0 saturated carbocycles. The Kier molecular flexibility index (Phi) is 6.94. The fraction of sp³-hybridized carbons (Fsp3) is 0.909. The van der Waals surface area contributed by atoms with E-state index in [0.717, 1.165) is 0 Å². The van der Waals surface area contributed by atoms with Gasteiger partial charge in [0.05, 0.1) is 0 Å². The van der Waals surface area contributed by atoms with Gasteiger partial charge in [-0.3, -0.25) is 4.79 Å². The van der Waals surface area contributed by atoms with Gasteiger partial charge in [-0.25, -0.2) is 0 Å². The third kappa shape index (κ3) is 6.74. The van der Waals surface area contributed by atoms with Crippen molar-refractivity contribution in [3.8, 4) is 0 Å². The Morgan fingerprint density at radius 2 is 2.07 bits per heavy atom. The van der Waals surface area contributed by atoms with Gasteiger partial charge in [-0.1, -0.05) is 20.8 Å². The zero-order valence-electron chi connectivity index (χ0n) is 9.85. The molecule has 0 radical (unpaired) electrons. The predicted molar refractivity (Wildman–Crippen MR) is 63.0 cm³/mol. The van der Waals surface area contributed by atoms with Crippen LogP contribution in [0.1, 0.15) is 40.0 Å². The van der Waals surface area contributed by atoms with Crippen molar-refractivity contribution in [1.82, 2.24) is 5.32 Å². The zero-order valence-corrected chi connectivity index (χ0v) is 10.6. The average molecular weight is 236 g/mol. The van der Waals surface area contributed by atoms with Crippen LogP contribution >= 0.6 is 11.6 Å². The first-order chi connectivity index (χ1) is 6.91. The number of carbonyl (C=O) groups excluding carboxylic acids is 1. The van der Waals surface area contributed by atoms with Crippen molar-refractivity contribution in [1.29, 1.82) is 0 Å².